The van der Waals surface area contributed by atoms with Crippen LogP contribution in [0.15, 0.2) is 218 Å². The zero-order valence-electron chi connectivity index (χ0n) is 36.7. The molecule has 64 heavy (non-hydrogen) atoms. The van der Waals surface area contributed by atoms with Crippen molar-refractivity contribution in [3.05, 3.63) is 241 Å². The first-order chi connectivity index (χ1) is 31.3. The molecule has 306 valence electrons. The summed E-state index contributed by atoms with van der Waals surface area (Å²) in [6.45, 7) is 9.57. The first kappa shape index (κ1) is 38.0. The molecule has 1 aliphatic heterocycles. The molecule has 0 fully saturated rings. The summed E-state index contributed by atoms with van der Waals surface area (Å²) in [5.41, 5.74) is 19.2. The maximum atomic E-state index is 2.59. The fourth-order valence-corrected chi connectivity index (χ4v) is 11.2. The number of para-hydroxylation sites is 2. The van der Waals surface area contributed by atoms with Crippen LogP contribution in [-0.2, 0) is 10.8 Å². The SMILES string of the molecule is CC1(C)c2ccccc2-c2ccc(N(c3ccccc3-c3ccccc3)c3ccc4ccccc4c3N3c4ccccc4C(C)(C)c4c(-c5cccc6ccccc56)cccc43)cc21. The molecule has 2 aliphatic rings. The number of benzene rings is 10. The Hall–Kier alpha value is -7.68. The van der Waals surface area contributed by atoms with Gasteiger partial charge in [-0.25, -0.2) is 0 Å². The number of hydrogen-bond donors (Lipinski definition) is 0. The predicted octanol–water partition coefficient (Wildman–Crippen LogP) is 17.2. The normalized spacial score (nSPS) is 14.2. The lowest BCUT2D eigenvalue weighted by atomic mass is 9.70. The Balaban J connectivity index is 1.19. The fourth-order valence-electron chi connectivity index (χ4n) is 11.2. The molecule has 0 bridgehead atoms. The third-order valence-corrected chi connectivity index (χ3v) is 14.2. The van der Waals surface area contributed by atoms with Crippen molar-refractivity contribution in [2.45, 2.75) is 38.5 Å². The molecule has 0 saturated carbocycles. The number of hydrogen-bond acceptors (Lipinski definition) is 2. The maximum Gasteiger partial charge on any atom is 0.0781 e. The van der Waals surface area contributed by atoms with E-state index in [1.807, 2.05) is 0 Å². The minimum absolute atomic E-state index is 0.173. The molecule has 0 saturated heterocycles. The third-order valence-electron chi connectivity index (χ3n) is 14.2. The van der Waals surface area contributed by atoms with Crippen LogP contribution >= 0.6 is 0 Å². The Labute approximate surface area is 376 Å². The summed E-state index contributed by atoms with van der Waals surface area (Å²) in [4.78, 5) is 5.13. The van der Waals surface area contributed by atoms with E-state index < -0.39 is 0 Å². The van der Waals surface area contributed by atoms with Crippen molar-refractivity contribution in [2.24, 2.45) is 0 Å². The van der Waals surface area contributed by atoms with Crippen LogP contribution in [0.1, 0.15) is 49.9 Å². The molecule has 2 heteroatoms. The highest BCUT2D eigenvalue weighted by molar-refractivity contribution is 6.10. The topological polar surface area (TPSA) is 6.48 Å². The summed E-state index contributed by atoms with van der Waals surface area (Å²) < 4.78 is 0. The molecule has 0 N–H and O–H groups in total. The highest BCUT2D eigenvalue weighted by Gasteiger charge is 2.41. The van der Waals surface area contributed by atoms with Crippen molar-refractivity contribution < 1.29 is 0 Å². The van der Waals surface area contributed by atoms with Crippen molar-refractivity contribution in [3.63, 3.8) is 0 Å². The Kier molecular flexibility index (Phi) is 8.58. The van der Waals surface area contributed by atoms with E-state index in [0.717, 1.165) is 22.7 Å². The molecule has 1 heterocycles. The van der Waals surface area contributed by atoms with Gasteiger partial charge in [0.1, 0.15) is 0 Å². The molecule has 0 radical (unpaired) electrons. The number of rotatable bonds is 6. The van der Waals surface area contributed by atoms with Crippen LogP contribution in [0, 0.1) is 0 Å². The van der Waals surface area contributed by atoms with Crippen LogP contribution in [0.2, 0.25) is 0 Å². The molecule has 1 aliphatic carbocycles. The number of anilines is 6. The molecule has 0 amide bonds. The molecule has 10 aromatic rings. The van der Waals surface area contributed by atoms with E-state index in [1.54, 1.807) is 0 Å². The van der Waals surface area contributed by atoms with E-state index in [9.17, 15) is 0 Å². The van der Waals surface area contributed by atoms with Gasteiger partial charge in [-0.3, -0.25) is 0 Å². The van der Waals surface area contributed by atoms with Crippen molar-refractivity contribution in [1.82, 2.24) is 0 Å². The Morgan fingerprint density at radius 2 is 0.938 bits per heavy atom. The maximum absolute atomic E-state index is 2.59. The molecule has 0 unspecified atom stereocenters. The van der Waals surface area contributed by atoms with Gasteiger partial charge in [-0.2, -0.15) is 0 Å². The first-order valence-corrected chi connectivity index (χ1v) is 22.5. The van der Waals surface area contributed by atoms with E-state index in [1.165, 1.54) is 88.6 Å². The van der Waals surface area contributed by atoms with E-state index in [0.29, 0.717) is 0 Å². The van der Waals surface area contributed by atoms with Crippen LogP contribution in [0.3, 0.4) is 0 Å². The zero-order valence-corrected chi connectivity index (χ0v) is 36.7. The average molecular weight is 821 g/mol. The summed E-state index contributed by atoms with van der Waals surface area (Å²) in [7, 11) is 0. The monoisotopic (exact) mass is 820 g/mol. The Morgan fingerprint density at radius 3 is 1.77 bits per heavy atom. The fraction of sp³-hybridized carbons (Fsp3) is 0.0968. The number of fused-ring (bicyclic) bond motifs is 7. The van der Waals surface area contributed by atoms with Crippen molar-refractivity contribution in [1.29, 1.82) is 0 Å². The van der Waals surface area contributed by atoms with Crippen LogP contribution in [0.5, 0.6) is 0 Å². The summed E-state index contributed by atoms with van der Waals surface area (Å²) in [6, 6.07) is 81.1. The largest absolute Gasteiger partial charge is 0.308 e. The molecule has 0 atom stereocenters. The lowest BCUT2D eigenvalue weighted by Crippen LogP contribution is -2.32. The van der Waals surface area contributed by atoms with Gasteiger partial charge in [0.15, 0.2) is 0 Å². The lowest BCUT2D eigenvalue weighted by molar-refractivity contribution is 0.634. The predicted molar refractivity (Wildman–Crippen MR) is 271 cm³/mol. The quantitative estimate of drug-likeness (QED) is 0.165. The summed E-state index contributed by atoms with van der Waals surface area (Å²) in [5, 5.41) is 4.88. The lowest BCUT2D eigenvalue weighted by Gasteiger charge is -2.45. The molecule has 0 aromatic heterocycles. The van der Waals surface area contributed by atoms with Crippen LogP contribution in [0.25, 0.3) is 54.9 Å². The van der Waals surface area contributed by atoms with Crippen molar-refractivity contribution in [2.75, 3.05) is 9.80 Å². The van der Waals surface area contributed by atoms with E-state index in [4.69, 9.17) is 0 Å². The molecular weight excluding hydrogens is 773 g/mol. The zero-order chi connectivity index (χ0) is 43.2. The highest BCUT2D eigenvalue weighted by Crippen LogP contribution is 2.59. The first-order valence-electron chi connectivity index (χ1n) is 22.5. The van der Waals surface area contributed by atoms with Crippen molar-refractivity contribution >= 4 is 55.7 Å². The van der Waals surface area contributed by atoms with Gasteiger partial charge in [0.05, 0.1) is 28.4 Å². The minimum atomic E-state index is -0.319. The van der Waals surface area contributed by atoms with Gasteiger partial charge in [0.2, 0.25) is 0 Å². The molecule has 0 spiro atoms. The molecular formula is C62H48N2. The standard InChI is InChI=1S/C62H48N2/c1-61(2)52-31-14-12-28-49(52)50-38-37-44(40-54(50)61)63(55-33-16-13-26-46(55)42-20-6-5-7-21-42)58-39-36-43-23-9-11-27-47(43)60(58)64-56-34-17-15-32-53(56)62(3,4)59-51(30-19-35-57(59)64)48-29-18-24-41-22-8-10-25-45(41)48/h5-40H,1-4H3. The molecule has 10 aromatic carbocycles. The van der Waals surface area contributed by atoms with Gasteiger partial charge in [-0.1, -0.05) is 210 Å². The second-order valence-electron chi connectivity index (χ2n) is 18.5. The average Bonchev–Trinajstić information content (AvgIpc) is 3.57. The van der Waals surface area contributed by atoms with Crippen LogP contribution < -0.4 is 9.80 Å². The van der Waals surface area contributed by atoms with Gasteiger partial charge < -0.3 is 9.80 Å². The van der Waals surface area contributed by atoms with Crippen LogP contribution in [-0.4, -0.2) is 0 Å². The van der Waals surface area contributed by atoms with E-state index in [2.05, 4.69) is 256 Å². The van der Waals surface area contributed by atoms with Gasteiger partial charge in [-0.05, 0) is 103 Å². The van der Waals surface area contributed by atoms with E-state index >= 15 is 0 Å². The second-order valence-corrected chi connectivity index (χ2v) is 18.5. The minimum Gasteiger partial charge on any atom is -0.308 e. The van der Waals surface area contributed by atoms with E-state index in [-0.39, 0.29) is 10.8 Å². The van der Waals surface area contributed by atoms with Gasteiger partial charge in [0.25, 0.3) is 0 Å². The summed E-state index contributed by atoms with van der Waals surface area (Å²) in [5.74, 6) is 0. The summed E-state index contributed by atoms with van der Waals surface area (Å²) in [6.07, 6.45) is 0. The second kappa shape index (κ2) is 14.4. The molecule has 2 nitrogen and oxygen atoms in total. The third kappa shape index (κ3) is 5.65. The Morgan fingerprint density at radius 1 is 0.359 bits per heavy atom. The van der Waals surface area contributed by atoms with Gasteiger partial charge in [-0.15, -0.1) is 0 Å². The van der Waals surface area contributed by atoms with Crippen LogP contribution in [0.4, 0.5) is 34.1 Å². The highest BCUT2D eigenvalue weighted by atomic mass is 15.2. The number of nitrogens with zero attached hydrogens (tertiary/aromatic N) is 2. The van der Waals surface area contributed by atoms with Gasteiger partial charge >= 0.3 is 0 Å². The van der Waals surface area contributed by atoms with Crippen molar-refractivity contribution in [3.8, 4) is 33.4 Å². The van der Waals surface area contributed by atoms with Gasteiger partial charge in [0, 0.05) is 27.5 Å². The Bertz CT molecular complexity index is 3460. The molecule has 12 rings (SSSR count). The summed E-state index contributed by atoms with van der Waals surface area (Å²) >= 11 is 0. The smallest absolute Gasteiger partial charge is 0.0781 e.